The molecule has 0 bridgehead atoms. The van der Waals surface area contributed by atoms with Gasteiger partial charge in [-0.2, -0.15) is 0 Å². The maximum Gasteiger partial charge on any atom is 0.230 e. The summed E-state index contributed by atoms with van der Waals surface area (Å²) in [6.45, 7) is 2.44. The molecule has 0 saturated carbocycles. The standard InChI is InChI=1S/C21H22N4O4S/c1-13-8-15-18(29-13)10-16-21(24-23-12-25(15)16)30-11-20(26)22-7-6-14-4-5-17(27-2)19(9-14)28-3/h4-5,8-10,12H,6-7,11H2,1-3H3,(H,22,26). The van der Waals surface area contributed by atoms with E-state index in [1.165, 1.54) is 11.8 Å². The summed E-state index contributed by atoms with van der Waals surface area (Å²) in [4.78, 5) is 12.3. The number of aromatic nitrogens is 3. The van der Waals surface area contributed by atoms with E-state index in [1.807, 2.05) is 41.7 Å². The van der Waals surface area contributed by atoms with Crippen LogP contribution in [0.2, 0.25) is 0 Å². The van der Waals surface area contributed by atoms with Gasteiger partial charge in [-0.3, -0.25) is 9.20 Å². The molecular formula is C21H22N4O4S. The van der Waals surface area contributed by atoms with Crippen LogP contribution in [0, 0.1) is 6.92 Å². The summed E-state index contributed by atoms with van der Waals surface area (Å²) in [6, 6.07) is 9.62. The number of carbonyl (C=O) groups excluding carboxylic acids is 1. The highest BCUT2D eigenvalue weighted by Gasteiger charge is 2.14. The highest BCUT2D eigenvalue weighted by Crippen LogP contribution is 2.29. The Bertz CT molecular complexity index is 1200. The van der Waals surface area contributed by atoms with Gasteiger partial charge >= 0.3 is 0 Å². The Morgan fingerprint density at radius 3 is 2.80 bits per heavy atom. The minimum atomic E-state index is -0.0598. The van der Waals surface area contributed by atoms with Crippen molar-refractivity contribution in [3.05, 3.63) is 48.0 Å². The second-order valence-corrected chi connectivity index (χ2v) is 7.68. The Kier molecular flexibility index (Phi) is 5.80. The minimum absolute atomic E-state index is 0.0598. The number of aryl methyl sites for hydroxylation is 1. The Labute approximate surface area is 177 Å². The van der Waals surface area contributed by atoms with Crippen LogP contribution in [-0.2, 0) is 11.2 Å². The highest BCUT2D eigenvalue weighted by atomic mass is 32.2. The van der Waals surface area contributed by atoms with E-state index in [2.05, 4.69) is 15.5 Å². The lowest BCUT2D eigenvalue weighted by Gasteiger charge is -2.10. The van der Waals surface area contributed by atoms with Gasteiger partial charge in [-0.25, -0.2) is 0 Å². The molecule has 1 aromatic carbocycles. The monoisotopic (exact) mass is 426 g/mol. The number of hydrogen-bond acceptors (Lipinski definition) is 7. The van der Waals surface area contributed by atoms with Gasteiger partial charge in [0.1, 0.15) is 17.1 Å². The summed E-state index contributed by atoms with van der Waals surface area (Å²) in [7, 11) is 3.21. The second kappa shape index (κ2) is 8.66. The highest BCUT2D eigenvalue weighted by molar-refractivity contribution is 8.00. The number of thioether (sulfide) groups is 1. The Morgan fingerprint density at radius 1 is 1.17 bits per heavy atom. The van der Waals surface area contributed by atoms with Gasteiger partial charge in [-0.15, -0.1) is 10.2 Å². The Morgan fingerprint density at radius 2 is 2.00 bits per heavy atom. The average Bonchev–Trinajstić information content (AvgIpc) is 3.28. The van der Waals surface area contributed by atoms with Gasteiger partial charge in [-0.05, 0) is 31.0 Å². The largest absolute Gasteiger partial charge is 0.493 e. The number of benzene rings is 1. The molecule has 0 atom stereocenters. The number of nitrogens with one attached hydrogen (secondary N) is 1. The summed E-state index contributed by atoms with van der Waals surface area (Å²) in [5.41, 5.74) is 3.66. The molecule has 30 heavy (non-hydrogen) atoms. The normalized spacial score (nSPS) is 11.2. The van der Waals surface area contributed by atoms with Crippen molar-refractivity contribution in [2.24, 2.45) is 0 Å². The average molecular weight is 426 g/mol. The topological polar surface area (TPSA) is 90.9 Å². The molecule has 1 amide bonds. The summed E-state index contributed by atoms with van der Waals surface area (Å²) in [5, 5.41) is 11.9. The molecule has 0 aliphatic carbocycles. The third-order valence-electron chi connectivity index (χ3n) is 4.71. The molecule has 0 aliphatic heterocycles. The number of furan rings is 1. The van der Waals surface area contributed by atoms with Crippen LogP contribution in [0.3, 0.4) is 0 Å². The maximum atomic E-state index is 12.3. The first-order chi connectivity index (χ1) is 14.6. The van der Waals surface area contributed by atoms with Crippen LogP contribution in [-0.4, -0.2) is 47.0 Å². The van der Waals surface area contributed by atoms with Gasteiger partial charge in [0.05, 0.1) is 31.0 Å². The predicted molar refractivity (Wildman–Crippen MR) is 114 cm³/mol. The first-order valence-corrected chi connectivity index (χ1v) is 10.4. The Balaban J connectivity index is 1.33. The molecule has 0 spiro atoms. The van der Waals surface area contributed by atoms with Gasteiger partial charge in [0.2, 0.25) is 5.91 Å². The third-order valence-corrected chi connectivity index (χ3v) is 5.68. The van der Waals surface area contributed by atoms with Crippen LogP contribution in [0.5, 0.6) is 11.5 Å². The molecule has 1 N–H and O–H groups in total. The molecule has 3 aromatic heterocycles. The molecular weight excluding hydrogens is 404 g/mol. The fourth-order valence-corrected chi connectivity index (χ4v) is 4.05. The van der Waals surface area contributed by atoms with Crippen LogP contribution in [0.4, 0.5) is 0 Å². The lowest BCUT2D eigenvalue weighted by molar-refractivity contribution is -0.118. The van der Waals surface area contributed by atoms with E-state index >= 15 is 0 Å². The van der Waals surface area contributed by atoms with Gasteiger partial charge in [0, 0.05) is 18.7 Å². The van der Waals surface area contributed by atoms with Crippen LogP contribution in [0.25, 0.3) is 16.6 Å². The van der Waals surface area contributed by atoms with Crippen molar-refractivity contribution in [1.29, 1.82) is 0 Å². The van der Waals surface area contributed by atoms with Crippen molar-refractivity contribution in [2.45, 2.75) is 18.4 Å². The number of methoxy groups -OCH3 is 2. The van der Waals surface area contributed by atoms with E-state index in [1.54, 1.807) is 20.5 Å². The van der Waals surface area contributed by atoms with Crippen molar-refractivity contribution in [3.8, 4) is 11.5 Å². The summed E-state index contributed by atoms with van der Waals surface area (Å²) in [6.07, 6.45) is 2.35. The van der Waals surface area contributed by atoms with E-state index in [-0.39, 0.29) is 11.7 Å². The zero-order valence-corrected chi connectivity index (χ0v) is 17.8. The van der Waals surface area contributed by atoms with E-state index in [0.717, 1.165) is 27.9 Å². The number of fused-ring (bicyclic) bond motifs is 3. The maximum absolute atomic E-state index is 12.3. The SMILES string of the molecule is COc1ccc(CCNC(=O)CSc2nncn3c2cc2oc(C)cc23)cc1OC. The van der Waals surface area contributed by atoms with E-state index in [4.69, 9.17) is 13.9 Å². The number of carbonyl (C=O) groups is 1. The quantitative estimate of drug-likeness (QED) is 0.433. The fraction of sp³-hybridized carbons (Fsp3) is 0.286. The third kappa shape index (κ3) is 4.06. The van der Waals surface area contributed by atoms with Crippen LogP contribution in [0.1, 0.15) is 11.3 Å². The summed E-state index contributed by atoms with van der Waals surface area (Å²) in [5.74, 6) is 2.40. The summed E-state index contributed by atoms with van der Waals surface area (Å²) < 4.78 is 18.2. The molecule has 4 aromatic rings. The summed E-state index contributed by atoms with van der Waals surface area (Å²) >= 11 is 1.35. The fourth-order valence-electron chi connectivity index (χ4n) is 3.27. The first kappa shape index (κ1) is 20.1. The Hall–Kier alpha value is -3.20. The molecule has 4 rings (SSSR count). The number of amides is 1. The first-order valence-electron chi connectivity index (χ1n) is 9.42. The molecule has 156 valence electrons. The molecule has 9 heteroatoms. The van der Waals surface area contributed by atoms with Crippen LogP contribution in [0.15, 0.2) is 46.1 Å². The number of nitrogens with zero attached hydrogens (tertiary/aromatic N) is 3. The van der Waals surface area contributed by atoms with Crippen LogP contribution >= 0.6 is 11.8 Å². The zero-order valence-electron chi connectivity index (χ0n) is 17.0. The van der Waals surface area contributed by atoms with Gasteiger partial charge in [0.15, 0.2) is 17.1 Å². The zero-order chi connectivity index (χ0) is 21.1. The van der Waals surface area contributed by atoms with Crippen molar-refractivity contribution in [1.82, 2.24) is 19.9 Å². The number of rotatable bonds is 8. The van der Waals surface area contributed by atoms with Crippen molar-refractivity contribution < 1.29 is 18.7 Å². The molecule has 0 unspecified atom stereocenters. The second-order valence-electron chi connectivity index (χ2n) is 6.72. The molecule has 3 heterocycles. The molecule has 0 aliphatic rings. The van der Waals surface area contributed by atoms with E-state index in [0.29, 0.717) is 29.5 Å². The molecule has 0 fully saturated rings. The van der Waals surface area contributed by atoms with Gasteiger partial charge in [0.25, 0.3) is 0 Å². The number of ether oxygens (including phenoxy) is 2. The minimum Gasteiger partial charge on any atom is -0.493 e. The van der Waals surface area contributed by atoms with Crippen LogP contribution < -0.4 is 14.8 Å². The van der Waals surface area contributed by atoms with E-state index < -0.39 is 0 Å². The molecule has 8 nitrogen and oxygen atoms in total. The van der Waals surface area contributed by atoms with Gasteiger partial charge < -0.3 is 19.2 Å². The molecule has 0 radical (unpaired) electrons. The van der Waals surface area contributed by atoms with Crippen molar-refractivity contribution in [3.63, 3.8) is 0 Å². The molecule has 0 saturated heterocycles. The predicted octanol–water partition coefficient (Wildman–Crippen LogP) is 3.25. The van der Waals surface area contributed by atoms with Crippen molar-refractivity contribution in [2.75, 3.05) is 26.5 Å². The van der Waals surface area contributed by atoms with E-state index in [9.17, 15) is 4.79 Å². The van der Waals surface area contributed by atoms with Gasteiger partial charge in [-0.1, -0.05) is 17.8 Å². The lowest BCUT2D eigenvalue weighted by atomic mass is 10.1. The smallest absolute Gasteiger partial charge is 0.230 e. The van der Waals surface area contributed by atoms with Crippen molar-refractivity contribution >= 4 is 34.3 Å². The lowest BCUT2D eigenvalue weighted by Crippen LogP contribution is -2.27. The number of hydrogen-bond donors (Lipinski definition) is 1.